The zero-order valence-corrected chi connectivity index (χ0v) is 15.6. The molecule has 0 aliphatic rings. The number of phenolic OH excluding ortho intramolecular Hbond substituents is 2. The van der Waals surface area contributed by atoms with Gasteiger partial charge in [0.05, 0.1) is 0 Å². The standard InChI is InChI=1S/C23H21O2P/c1-2-15-26(20-13-11-16-7-3-5-9-18(16)22(20)24)21-14-12-17-8-4-6-10-19(17)23(21)25/h3-14,24-25H,2,15H2,1H3. The normalized spacial score (nSPS) is 11.5. The van der Waals surface area contributed by atoms with E-state index in [0.717, 1.165) is 44.7 Å². The van der Waals surface area contributed by atoms with Gasteiger partial charge in [-0.05, 0) is 37.0 Å². The van der Waals surface area contributed by atoms with Gasteiger partial charge in [-0.1, -0.05) is 74.0 Å². The van der Waals surface area contributed by atoms with Crippen molar-refractivity contribution in [2.24, 2.45) is 0 Å². The quantitative estimate of drug-likeness (QED) is 0.488. The summed E-state index contributed by atoms with van der Waals surface area (Å²) in [6.07, 6.45) is 1.91. The van der Waals surface area contributed by atoms with Gasteiger partial charge in [0.1, 0.15) is 11.5 Å². The number of fused-ring (bicyclic) bond motifs is 2. The Morgan fingerprint density at radius 1 is 0.654 bits per heavy atom. The van der Waals surface area contributed by atoms with Crippen LogP contribution in [0.2, 0.25) is 0 Å². The SMILES string of the molecule is CCCP(c1ccc2ccccc2c1O)c1ccc2ccccc2c1O. The van der Waals surface area contributed by atoms with Crippen LogP contribution in [0.3, 0.4) is 0 Å². The average molecular weight is 360 g/mol. The second-order valence-corrected chi connectivity index (χ2v) is 8.73. The van der Waals surface area contributed by atoms with Crippen LogP contribution >= 0.6 is 7.92 Å². The van der Waals surface area contributed by atoms with Crippen LogP contribution in [0, 0.1) is 0 Å². The van der Waals surface area contributed by atoms with E-state index in [1.807, 2.05) is 60.7 Å². The molecule has 0 radical (unpaired) electrons. The molecule has 0 fully saturated rings. The van der Waals surface area contributed by atoms with Crippen LogP contribution < -0.4 is 10.6 Å². The summed E-state index contributed by atoms with van der Waals surface area (Å²) < 4.78 is 0. The first-order valence-corrected chi connectivity index (χ1v) is 10.4. The van der Waals surface area contributed by atoms with Gasteiger partial charge in [0, 0.05) is 21.4 Å². The molecule has 0 amide bonds. The Kier molecular flexibility index (Phi) is 4.53. The van der Waals surface area contributed by atoms with Crippen LogP contribution in [0.5, 0.6) is 11.5 Å². The molecule has 0 aromatic heterocycles. The van der Waals surface area contributed by atoms with Crippen LogP contribution in [0.25, 0.3) is 21.5 Å². The molecule has 0 saturated carbocycles. The van der Waals surface area contributed by atoms with Crippen LogP contribution in [-0.2, 0) is 0 Å². The van der Waals surface area contributed by atoms with Gasteiger partial charge in [-0.25, -0.2) is 0 Å². The Bertz CT molecular complexity index is 1000. The molecule has 0 bridgehead atoms. The third kappa shape index (κ3) is 2.81. The van der Waals surface area contributed by atoms with E-state index >= 15 is 0 Å². The number of hydrogen-bond acceptors (Lipinski definition) is 2. The van der Waals surface area contributed by atoms with Gasteiger partial charge in [0.2, 0.25) is 0 Å². The fourth-order valence-electron chi connectivity index (χ4n) is 3.52. The van der Waals surface area contributed by atoms with Gasteiger partial charge in [0.15, 0.2) is 0 Å². The topological polar surface area (TPSA) is 40.5 Å². The van der Waals surface area contributed by atoms with Gasteiger partial charge in [-0.15, -0.1) is 0 Å². The van der Waals surface area contributed by atoms with E-state index in [4.69, 9.17) is 0 Å². The summed E-state index contributed by atoms with van der Waals surface area (Å²) in [5.74, 6) is 0.686. The first kappa shape index (κ1) is 16.9. The van der Waals surface area contributed by atoms with E-state index in [-0.39, 0.29) is 0 Å². The molecule has 2 nitrogen and oxygen atoms in total. The van der Waals surface area contributed by atoms with Crippen molar-refractivity contribution in [2.75, 3.05) is 6.16 Å². The van der Waals surface area contributed by atoms with Crippen LogP contribution in [0.15, 0.2) is 72.8 Å². The first-order valence-electron chi connectivity index (χ1n) is 8.89. The van der Waals surface area contributed by atoms with Gasteiger partial charge in [-0.2, -0.15) is 0 Å². The predicted octanol–water partition coefficient (Wildman–Crippen LogP) is 5.25. The first-order chi connectivity index (χ1) is 12.7. The summed E-state index contributed by atoms with van der Waals surface area (Å²) in [6.45, 7) is 2.14. The van der Waals surface area contributed by atoms with Crippen molar-refractivity contribution in [3.8, 4) is 11.5 Å². The highest BCUT2D eigenvalue weighted by atomic mass is 31.1. The summed E-state index contributed by atoms with van der Waals surface area (Å²) in [5.41, 5.74) is 0. The Hall–Kier alpha value is -2.57. The number of phenols is 2. The Balaban J connectivity index is 1.92. The van der Waals surface area contributed by atoms with Gasteiger partial charge in [0.25, 0.3) is 0 Å². The number of aromatic hydroxyl groups is 2. The average Bonchev–Trinajstić information content (AvgIpc) is 2.68. The lowest BCUT2D eigenvalue weighted by Gasteiger charge is -2.22. The minimum atomic E-state index is -0.839. The minimum Gasteiger partial charge on any atom is -0.507 e. The second kappa shape index (κ2) is 6.97. The molecule has 0 unspecified atom stereocenters. The lowest BCUT2D eigenvalue weighted by molar-refractivity contribution is 0.485. The highest BCUT2D eigenvalue weighted by Gasteiger charge is 2.22. The maximum absolute atomic E-state index is 10.9. The molecule has 26 heavy (non-hydrogen) atoms. The summed E-state index contributed by atoms with van der Waals surface area (Å²) in [5, 5.41) is 27.6. The lowest BCUT2D eigenvalue weighted by Crippen LogP contribution is -2.15. The summed E-state index contributed by atoms with van der Waals surface area (Å²) in [4.78, 5) is 0. The van der Waals surface area contributed by atoms with Gasteiger partial charge in [-0.3, -0.25) is 0 Å². The molecule has 0 aliphatic heterocycles. The molecule has 0 atom stereocenters. The lowest BCUT2D eigenvalue weighted by atomic mass is 10.1. The van der Waals surface area contributed by atoms with Gasteiger partial charge >= 0.3 is 0 Å². The van der Waals surface area contributed by atoms with Crippen molar-refractivity contribution in [3.63, 3.8) is 0 Å². The molecule has 0 spiro atoms. The third-order valence-electron chi connectivity index (χ3n) is 4.79. The van der Waals surface area contributed by atoms with E-state index in [9.17, 15) is 10.2 Å². The van der Waals surface area contributed by atoms with Gasteiger partial charge < -0.3 is 10.2 Å². The van der Waals surface area contributed by atoms with Crippen molar-refractivity contribution in [3.05, 3.63) is 72.8 Å². The minimum absolute atomic E-state index is 0.343. The molecule has 0 heterocycles. The highest BCUT2D eigenvalue weighted by Crippen LogP contribution is 2.43. The monoisotopic (exact) mass is 360 g/mol. The maximum atomic E-state index is 10.9. The molecule has 4 rings (SSSR count). The smallest absolute Gasteiger partial charge is 0.131 e. The molecule has 4 aromatic carbocycles. The molecule has 0 aliphatic carbocycles. The number of hydrogen-bond donors (Lipinski definition) is 2. The maximum Gasteiger partial charge on any atom is 0.131 e. The molecule has 3 heteroatoms. The van der Waals surface area contributed by atoms with Crippen molar-refractivity contribution in [1.82, 2.24) is 0 Å². The van der Waals surface area contributed by atoms with Crippen molar-refractivity contribution in [2.45, 2.75) is 13.3 Å². The largest absolute Gasteiger partial charge is 0.507 e. The van der Waals surface area contributed by atoms with Crippen LogP contribution in [0.4, 0.5) is 0 Å². The Labute approximate surface area is 154 Å². The van der Waals surface area contributed by atoms with E-state index in [1.54, 1.807) is 0 Å². The van der Waals surface area contributed by atoms with Crippen molar-refractivity contribution < 1.29 is 10.2 Å². The zero-order chi connectivity index (χ0) is 18.1. The second-order valence-electron chi connectivity index (χ2n) is 6.46. The zero-order valence-electron chi connectivity index (χ0n) is 14.7. The number of rotatable bonds is 4. The molecule has 130 valence electrons. The summed E-state index contributed by atoms with van der Waals surface area (Å²) in [6, 6.07) is 23.9. The molecule has 2 N–H and O–H groups in total. The van der Waals surface area contributed by atoms with Crippen LogP contribution in [0.1, 0.15) is 13.3 Å². The van der Waals surface area contributed by atoms with E-state index in [0.29, 0.717) is 11.5 Å². The molecular formula is C23H21O2P. The Morgan fingerprint density at radius 2 is 1.12 bits per heavy atom. The highest BCUT2D eigenvalue weighted by molar-refractivity contribution is 7.73. The third-order valence-corrected chi connectivity index (χ3v) is 7.57. The summed E-state index contributed by atoms with van der Waals surface area (Å²) >= 11 is 0. The molecule has 0 saturated heterocycles. The molecule has 4 aromatic rings. The predicted molar refractivity (Wildman–Crippen MR) is 113 cm³/mol. The number of benzene rings is 4. The van der Waals surface area contributed by atoms with Crippen LogP contribution in [-0.4, -0.2) is 16.4 Å². The molecular weight excluding hydrogens is 339 g/mol. The fraction of sp³-hybridized carbons (Fsp3) is 0.130. The fourth-order valence-corrected chi connectivity index (χ4v) is 5.97. The van der Waals surface area contributed by atoms with Crippen molar-refractivity contribution in [1.29, 1.82) is 0 Å². The summed E-state index contributed by atoms with van der Waals surface area (Å²) in [7, 11) is -0.839. The van der Waals surface area contributed by atoms with E-state index < -0.39 is 7.92 Å². The van der Waals surface area contributed by atoms with E-state index in [1.165, 1.54) is 0 Å². The Morgan fingerprint density at radius 3 is 1.58 bits per heavy atom. The van der Waals surface area contributed by atoms with Crippen molar-refractivity contribution >= 4 is 40.1 Å². The van der Waals surface area contributed by atoms with E-state index in [2.05, 4.69) is 19.1 Å².